The number of hydrogen-bond donors (Lipinski definition) is 0. The molecular weight excluding hydrogens is 130 g/mol. The molecule has 0 aliphatic heterocycles. The van der Waals surface area contributed by atoms with Gasteiger partial charge < -0.3 is 15.9 Å². The van der Waals surface area contributed by atoms with Crippen LogP contribution < -0.4 is 0 Å². The van der Waals surface area contributed by atoms with E-state index in [9.17, 15) is 0 Å². The maximum absolute atomic E-state index is 2.18. The standard InChI is InChI=1S/C4H10.C3H9N.2H2O/c1-3-4-2;1-4(2)3;;/h3-4H2,1-2H3;1-3H3;2*1H2. The normalized spacial score (nSPS) is 6.60. The van der Waals surface area contributed by atoms with Gasteiger partial charge in [0, 0.05) is 0 Å². The zero-order valence-corrected chi connectivity index (χ0v) is 7.86. The van der Waals surface area contributed by atoms with Crippen molar-refractivity contribution >= 4 is 0 Å². The van der Waals surface area contributed by atoms with E-state index >= 15 is 0 Å². The third kappa shape index (κ3) is 482. The van der Waals surface area contributed by atoms with E-state index in [1.807, 2.05) is 26.0 Å². The van der Waals surface area contributed by atoms with Crippen LogP contribution in [0.4, 0.5) is 0 Å². The van der Waals surface area contributed by atoms with Crippen LogP contribution in [0.1, 0.15) is 26.7 Å². The van der Waals surface area contributed by atoms with Crippen LogP contribution in [0.5, 0.6) is 0 Å². The maximum atomic E-state index is 2.18. The minimum atomic E-state index is 0. The van der Waals surface area contributed by atoms with Crippen molar-refractivity contribution in [2.24, 2.45) is 0 Å². The molecule has 0 aromatic carbocycles. The van der Waals surface area contributed by atoms with E-state index < -0.39 is 0 Å². The Morgan fingerprint density at radius 2 is 0.900 bits per heavy atom. The Labute approximate surface area is 64.7 Å². The lowest BCUT2D eigenvalue weighted by molar-refractivity contribution is 0.505. The lowest BCUT2D eigenvalue weighted by Gasteiger charge is -1.90. The van der Waals surface area contributed by atoms with Gasteiger partial charge in [-0.3, -0.25) is 0 Å². The van der Waals surface area contributed by atoms with Crippen LogP contribution in [0.25, 0.3) is 0 Å². The van der Waals surface area contributed by atoms with Gasteiger partial charge in [0.1, 0.15) is 0 Å². The Hall–Kier alpha value is -0.120. The molecule has 0 aromatic rings. The van der Waals surface area contributed by atoms with Crippen LogP contribution in [0, 0.1) is 0 Å². The highest BCUT2D eigenvalue weighted by Crippen LogP contribution is 1.76. The summed E-state index contributed by atoms with van der Waals surface area (Å²) >= 11 is 0. The van der Waals surface area contributed by atoms with Gasteiger partial charge in [-0.1, -0.05) is 26.7 Å². The van der Waals surface area contributed by atoms with Crippen molar-refractivity contribution in [2.45, 2.75) is 26.7 Å². The first-order valence-corrected chi connectivity index (χ1v) is 3.26. The van der Waals surface area contributed by atoms with E-state index in [0.29, 0.717) is 0 Å². The number of nitrogens with zero attached hydrogens (tertiary/aromatic N) is 1. The average molecular weight is 153 g/mol. The predicted molar refractivity (Wildman–Crippen MR) is 47.4 cm³/mol. The molecule has 0 radical (unpaired) electrons. The smallest absolute Gasteiger partial charge is 0.0140 e. The molecule has 0 atom stereocenters. The van der Waals surface area contributed by atoms with Crippen LogP contribution >= 0.6 is 0 Å². The fraction of sp³-hybridized carbons (Fsp3) is 1.00. The fourth-order valence-corrected chi connectivity index (χ4v) is 0. The van der Waals surface area contributed by atoms with E-state index in [2.05, 4.69) is 13.8 Å². The molecule has 0 heterocycles. The van der Waals surface area contributed by atoms with E-state index in [-0.39, 0.29) is 11.0 Å². The van der Waals surface area contributed by atoms with E-state index in [1.54, 1.807) is 0 Å². The summed E-state index contributed by atoms with van der Waals surface area (Å²) in [7, 11) is 6.00. The molecular formula is C7H23NO2. The van der Waals surface area contributed by atoms with Gasteiger partial charge in [-0.2, -0.15) is 0 Å². The van der Waals surface area contributed by atoms with Crippen LogP contribution in [-0.2, 0) is 0 Å². The molecule has 3 heteroatoms. The molecule has 0 rings (SSSR count). The van der Waals surface area contributed by atoms with Gasteiger partial charge in [-0.05, 0) is 21.1 Å². The lowest BCUT2D eigenvalue weighted by Crippen LogP contribution is -1.99. The molecule has 68 valence electrons. The molecule has 0 aliphatic rings. The highest BCUT2D eigenvalue weighted by Gasteiger charge is 1.58. The minimum Gasteiger partial charge on any atom is -0.412 e. The number of rotatable bonds is 1. The molecule has 0 amide bonds. The summed E-state index contributed by atoms with van der Waals surface area (Å²) in [6, 6.07) is 0. The van der Waals surface area contributed by atoms with Gasteiger partial charge in [-0.15, -0.1) is 0 Å². The van der Waals surface area contributed by atoms with Crippen LogP contribution in [0.15, 0.2) is 0 Å². The molecule has 0 spiro atoms. The summed E-state index contributed by atoms with van der Waals surface area (Å²) in [5.74, 6) is 0. The molecule has 0 saturated carbocycles. The Morgan fingerprint density at radius 3 is 0.900 bits per heavy atom. The third-order valence-electron chi connectivity index (χ3n) is 0.500. The topological polar surface area (TPSA) is 66.2 Å². The van der Waals surface area contributed by atoms with Gasteiger partial charge in [0.25, 0.3) is 0 Å². The highest BCUT2D eigenvalue weighted by molar-refractivity contribution is 4.12. The van der Waals surface area contributed by atoms with Gasteiger partial charge in [-0.25, -0.2) is 0 Å². The average Bonchev–Trinajstić information content (AvgIpc) is 1.65. The monoisotopic (exact) mass is 153 g/mol. The van der Waals surface area contributed by atoms with Crippen molar-refractivity contribution in [3.05, 3.63) is 0 Å². The van der Waals surface area contributed by atoms with Gasteiger partial charge >= 0.3 is 0 Å². The fourth-order valence-electron chi connectivity index (χ4n) is 0. The summed E-state index contributed by atoms with van der Waals surface area (Å²) in [5, 5.41) is 0. The van der Waals surface area contributed by atoms with Crippen molar-refractivity contribution in [1.29, 1.82) is 0 Å². The lowest BCUT2D eigenvalue weighted by atomic mass is 10.4. The molecule has 0 bridgehead atoms. The zero-order chi connectivity index (χ0) is 6.99. The second kappa shape index (κ2) is 23.2. The van der Waals surface area contributed by atoms with Crippen molar-refractivity contribution < 1.29 is 11.0 Å². The molecule has 0 saturated heterocycles. The predicted octanol–water partition coefficient (Wildman–Crippen LogP) is 0.335. The molecule has 3 nitrogen and oxygen atoms in total. The Kier molecular flexibility index (Phi) is 52.2. The Bertz CT molecular complexity index is 28.0. The first-order valence-electron chi connectivity index (χ1n) is 3.26. The van der Waals surface area contributed by atoms with Crippen LogP contribution in [0.2, 0.25) is 0 Å². The number of hydrogen-bond acceptors (Lipinski definition) is 1. The summed E-state index contributed by atoms with van der Waals surface area (Å²) in [6.07, 6.45) is 2.64. The SMILES string of the molecule is CCCC.CN(C)C.O.O. The van der Waals surface area contributed by atoms with Crippen molar-refractivity contribution in [1.82, 2.24) is 4.90 Å². The van der Waals surface area contributed by atoms with Gasteiger partial charge in [0.15, 0.2) is 0 Å². The summed E-state index contributed by atoms with van der Waals surface area (Å²) in [5.41, 5.74) is 0. The second-order valence-electron chi connectivity index (χ2n) is 2.34. The third-order valence-corrected chi connectivity index (χ3v) is 0.500. The van der Waals surface area contributed by atoms with Crippen molar-refractivity contribution in [3.63, 3.8) is 0 Å². The van der Waals surface area contributed by atoms with Gasteiger partial charge in [0.05, 0.1) is 0 Å². The number of unbranched alkanes of at least 4 members (excludes halogenated alkanes) is 1. The van der Waals surface area contributed by atoms with Crippen LogP contribution in [-0.4, -0.2) is 37.0 Å². The van der Waals surface area contributed by atoms with Crippen molar-refractivity contribution in [3.8, 4) is 0 Å². The zero-order valence-electron chi connectivity index (χ0n) is 7.86. The van der Waals surface area contributed by atoms with E-state index in [0.717, 1.165) is 0 Å². The Balaban J connectivity index is -0.0000000300. The quantitative estimate of drug-likeness (QED) is 0.535. The first kappa shape index (κ1) is 22.5. The van der Waals surface area contributed by atoms with E-state index in [4.69, 9.17) is 0 Å². The maximum Gasteiger partial charge on any atom is -0.0140 e. The molecule has 0 unspecified atom stereocenters. The van der Waals surface area contributed by atoms with Crippen molar-refractivity contribution in [2.75, 3.05) is 21.1 Å². The molecule has 0 aliphatic carbocycles. The summed E-state index contributed by atoms with van der Waals surface area (Å²) < 4.78 is 0. The summed E-state index contributed by atoms with van der Waals surface area (Å²) in [4.78, 5) is 2.00. The molecule has 0 fully saturated rings. The van der Waals surface area contributed by atoms with Crippen LogP contribution in [0.3, 0.4) is 0 Å². The molecule has 10 heavy (non-hydrogen) atoms. The second-order valence-corrected chi connectivity index (χ2v) is 2.34. The minimum absolute atomic E-state index is 0. The Morgan fingerprint density at radius 1 is 0.800 bits per heavy atom. The molecule has 0 aromatic heterocycles. The van der Waals surface area contributed by atoms with E-state index in [1.165, 1.54) is 12.8 Å². The first-order chi connectivity index (χ1) is 3.65. The highest BCUT2D eigenvalue weighted by atomic mass is 16.0. The largest absolute Gasteiger partial charge is 0.412 e. The van der Waals surface area contributed by atoms with Gasteiger partial charge in [0.2, 0.25) is 0 Å². The summed E-state index contributed by atoms with van der Waals surface area (Å²) in [6.45, 7) is 4.36. The molecule has 4 N–H and O–H groups in total.